The second-order valence-electron chi connectivity index (χ2n) is 4.65. The van der Waals surface area contributed by atoms with Crippen LogP contribution in [0.3, 0.4) is 0 Å². The highest BCUT2D eigenvalue weighted by Crippen LogP contribution is 2.01. The largest absolute Gasteiger partial charge is 0.342 e. The molecule has 0 spiro atoms. The Labute approximate surface area is 111 Å². The third-order valence-corrected chi connectivity index (χ3v) is 3.33. The van der Waals surface area contributed by atoms with E-state index in [4.69, 9.17) is 0 Å². The summed E-state index contributed by atoms with van der Waals surface area (Å²) in [5.74, 6) is -0.0850. The minimum Gasteiger partial charge on any atom is -0.342 e. The monoisotopic (exact) mass is 263 g/mol. The number of carbonyl (C=O) groups is 2. The van der Waals surface area contributed by atoms with E-state index in [9.17, 15) is 14.4 Å². The summed E-state index contributed by atoms with van der Waals surface area (Å²) in [6.07, 6.45) is 2.42. The fourth-order valence-electron chi connectivity index (χ4n) is 2.10. The summed E-state index contributed by atoms with van der Waals surface area (Å²) in [6, 6.07) is 3.49. The molecule has 2 amide bonds. The molecule has 102 valence electrons. The van der Waals surface area contributed by atoms with E-state index in [0.717, 1.165) is 6.41 Å². The molecule has 1 aliphatic rings. The minimum atomic E-state index is -0.137. The summed E-state index contributed by atoms with van der Waals surface area (Å²) in [5, 5.41) is 0. The van der Waals surface area contributed by atoms with E-state index in [2.05, 4.69) is 0 Å². The van der Waals surface area contributed by atoms with Gasteiger partial charge in [-0.25, -0.2) is 0 Å². The Morgan fingerprint density at radius 3 is 2.63 bits per heavy atom. The molecule has 0 aliphatic carbocycles. The van der Waals surface area contributed by atoms with Gasteiger partial charge in [0.15, 0.2) is 0 Å². The molecule has 0 bridgehead atoms. The van der Waals surface area contributed by atoms with Crippen molar-refractivity contribution in [2.24, 2.45) is 0 Å². The first-order valence-corrected chi connectivity index (χ1v) is 6.25. The van der Waals surface area contributed by atoms with Gasteiger partial charge in [-0.3, -0.25) is 14.4 Å². The van der Waals surface area contributed by atoms with Crippen molar-refractivity contribution in [1.82, 2.24) is 14.4 Å². The van der Waals surface area contributed by atoms with E-state index in [0.29, 0.717) is 31.7 Å². The van der Waals surface area contributed by atoms with Crippen molar-refractivity contribution < 1.29 is 9.59 Å². The van der Waals surface area contributed by atoms with Gasteiger partial charge in [0.05, 0.1) is 0 Å². The van der Waals surface area contributed by atoms with Crippen molar-refractivity contribution >= 4 is 12.3 Å². The molecular formula is C13H17N3O3. The molecule has 6 nitrogen and oxygen atoms in total. The lowest BCUT2D eigenvalue weighted by molar-refractivity contribution is -0.135. The Kier molecular flexibility index (Phi) is 3.99. The van der Waals surface area contributed by atoms with Crippen LogP contribution in [0.2, 0.25) is 0 Å². The highest BCUT2D eigenvalue weighted by Gasteiger charge is 2.20. The highest BCUT2D eigenvalue weighted by molar-refractivity contribution is 5.76. The van der Waals surface area contributed by atoms with E-state index in [1.54, 1.807) is 35.1 Å². The Morgan fingerprint density at radius 2 is 2.00 bits per heavy atom. The molecule has 1 aromatic rings. The van der Waals surface area contributed by atoms with Gasteiger partial charge in [0.25, 0.3) is 5.56 Å². The number of nitrogens with zero attached hydrogens (tertiary/aromatic N) is 3. The number of rotatable bonds is 3. The third kappa shape index (κ3) is 3.01. The van der Waals surface area contributed by atoms with Crippen LogP contribution in [0.5, 0.6) is 0 Å². The fourth-order valence-corrected chi connectivity index (χ4v) is 2.10. The summed E-state index contributed by atoms with van der Waals surface area (Å²) >= 11 is 0. The lowest BCUT2D eigenvalue weighted by Crippen LogP contribution is -2.49. The van der Waals surface area contributed by atoms with Crippen LogP contribution < -0.4 is 5.56 Å². The summed E-state index contributed by atoms with van der Waals surface area (Å²) in [6.45, 7) is 3.94. The Morgan fingerprint density at radius 1 is 1.32 bits per heavy atom. The first-order chi connectivity index (χ1) is 9.11. The second kappa shape index (κ2) is 5.69. The van der Waals surface area contributed by atoms with Crippen molar-refractivity contribution in [3.63, 3.8) is 0 Å². The molecule has 2 heterocycles. The van der Waals surface area contributed by atoms with E-state index in [1.165, 1.54) is 4.57 Å². The predicted octanol–water partition coefficient (Wildman–Crippen LogP) is -0.543. The number of hydrogen-bond acceptors (Lipinski definition) is 3. The molecule has 19 heavy (non-hydrogen) atoms. The van der Waals surface area contributed by atoms with Crippen LogP contribution in [0.25, 0.3) is 0 Å². The first kappa shape index (κ1) is 13.3. The quantitative estimate of drug-likeness (QED) is 0.688. The molecule has 1 aliphatic heterocycles. The zero-order valence-corrected chi connectivity index (χ0v) is 10.9. The SMILES string of the molecule is Cc1cccn(CC(=O)N2CCN(C=O)CC2)c1=O. The molecule has 1 fully saturated rings. The first-order valence-electron chi connectivity index (χ1n) is 6.25. The van der Waals surface area contributed by atoms with Gasteiger partial charge in [0.2, 0.25) is 12.3 Å². The molecule has 0 aromatic carbocycles. The van der Waals surface area contributed by atoms with Crippen LogP contribution in [0.4, 0.5) is 0 Å². The zero-order chi connectivity index (χ0) is 13.8. The van der Waals surface area contributed by atoms with E-state index in [1.807, 2.05) is 0 Å². The highest BCUT2D eigenvalue weighted by atomic mass is 16.2. The predicted molar refractivity (Wildman–Crippen MR) is 69.7 cm³/mol. The van der Waals surface area contributed by atoms with Crippen molar-refractivity contribution in [3.05, 3.63) is 34.2 Å². The van der Waals surface area contributed by atoms with Crippen molar-refractivity contribution in [3.8, 4) is 0 Å². The lowest BCUT2D eigenvalue weighted by Gasteiger charge is -2.32. The van der Waals surface area contributed by atoms with Crippen molar-refractivity contribution in [2.75, 3.05) is 26.2 Å². The number of aryl methyl sites for hydroxylation is 1. The summed E-state index contributed by atoms with van der Waals surface area (Å²) < 4.78 is 1.42. The zero-order valence-electron chi connectivity index (χ0n) is 10.9. The number of carbonyl (C=O) groups excluding carboxylic acids is 2. The Bertz CT molecular complexity index is 530. The maximum Gasteiger partial charge on any atom is 0.253 e. The molecule has 0 unspecified atom stereocenters. The van der Waals surface area contributed by atoms with Gasteiger partial charge < -0.3 is 14.4 Å². The molecule has 0 N–H and O–H groups in total. The van der Waals surface area contributed by atoms with Gasteiger partial charge >= 0.3 is 0 Å². The van der Waals surface area contributed by atoms with Gasteiger partial charge in [-0.2, -0.15) is 0 Å². The van der Waals surface area contributed by atoms with Gasteiger partial charge in [0.1, 0.15) is 6.54 Å². The molecular weight excluding hydrogens is 246 g/mol. The maximum atomic E-state index is 12.1. The normalized spacial score (nSPS) is 15.4. The van der Waals surface area contributed by atoms with Crippen LogP contribution in [-0.4, -0.2) is 52.9 Å². The number of aromatic nitrogens is 1. The summed E-state index contributed by atoms with van der Waals surface area (Å²) in [4.78, 5) is 37.8. The number of amides is 2. The molecule has 0 radical (unpaired) electrons. The summed E-state index contributed by atoms with van der Waals surface area (Å²) in [5.41, 5.74) is 0.489. The molecule has 0 saturated carbocycles. The van der Waals surface area contributed by atoms with E-state index in [-0.39, 0.29) is 18.0 Å². The van der Waals surface area contributed by atoms with Crippen LogP contribution in [0.15, 0.2) is 23.1 Å². The lowest BCUT2D eigenvalue weighted by atomic mass is 10.3. The molecule has 2 rings (SSSR count). The standard InChI is InChI=1S/C13H17N3O3/c1-11-3-2-4-16(13(11)19)9-12(18)15-7-5-14(10-17)6-8-15/h2-4,10H,5-9H2,1H3. The van der Waals surface area contributed by atoms with Crippen molar-refractivity contribution in [1.29, 1.82) is 0 Å². The van der Waals surface area contributed by atoms with Gasteiger partial charge in [-0.15, -0.1) is 0 Å². The fraction of sp³-hybridized carbons (Fsp3) is 0.462. The van der Waals surface area contributed by atoms with Crippen LogP contribution in [0, 0.1) is 6.92 Å². The van der Waals surface area contributed by atoms with Crippen LogP contribution in [0.1, 0.15) is 5.56 Å². The smallest absolute Gasteiger partial charge is 0.253 e. The number of hydrogen-bond donors (Lipinski definition) is 0. The number of pyridine rings is 1. The number of piperazine rings is 1. The van der Waals surface area contributed by atoms with Gasteiger partial charge in [-0.1, -0.05) is 6.07 Å². The van der Waals surface area contributed by atoms with Crippen LogP contribution in [-0.2, 0) is 16.1 Å². The van der Waals surface area contributed by atoms with E-state index < -0.39 is 0 Å². The van der Waals surface area contributed by atoms with Crippen molar-refractivity contribution in [2.45, 2.75) is 13.5 Å². The Hall–Kier alpha value is -2.11. The minimum absolute atomic E-state index is 0.0571. The molecule has 1 saturated heterocycles. The van der Waals surface area contributed by atoms with E-state index >= 15 is 0 Å². The average molecular weight is 263 g/mol. The molecule has 0 atom stereocenters. The van der Waals surface area contributed by atoms with Gasteiger partial charge in [0, 0.05) is 37.9 Å². The maximum absolute atomic E-state index is 12.1. The van der Waals surface area contributed by atoms with Crippen LogP contribution >= 0.6 is 0 Å². The average Bonchev–Trinajstić information content (AvgIpc) is 2.44. The second-order valence-corrected chi connectivity index (χ2v) is 4.65. The Balaban J connectivity index is 2.00. The molecule has 1 aromatic heterocycles. The topological polar surface area (TPSA) is 62.6 Å². The third-order valence-electron chi connectivity index (χ3n) is 3.33. The molecule has 6 heteroatoms. The van der Waals surface area contributed by atoms with Gasteiger partial charge in [-0.05, 0) is 13.0 Å². The summed E-state index contributed by atoms with van der Waals surface area (Å²) in [7, 11) is 0.